The average Bonchev–Trinajstić information content (AvgIpc) is 3.42. The molecule has 4 heterocycles. The standard InChI is InChI=1S/C40H43ClN8O6/c1-39(2)37(40(3,4)38(39)55-25-10-8-23(21-42)27(41)20-25)46-33(51)24-9-12-30(44-22-24)48-18-16-47(17-19-48)15-14-43-28-7-5-6-26-32(28)36(54)49(35(26)53)29-11-13-31(50)45-34(29)52/h5-10,12,20,22,29,37-38,43H,11,13-19H2,1-4H3,(H,46,51)(H,45,50,52)/t29?,37-,38-. The quantitative estimate of drug-likeness (QED) is 0.256. The highest BCUT2D eigenvalue weighted by molar-refractivity contribution is 6.31. The molecule has 3 N–H and O–H groups in total. The molecule has 1 aromatic heterocycles. The van der Waals surface area contributed by atoms with Crippen LogP contribution >= 0.6 is 11.6 Å². The lowest BCUT2D eigenvalue weighted by atomic mass is 9.49. The third-order valence-corrected chi connectivity index (χ3v) is 11.7. The molecule has 1 aliphatic carbocycles. The summed E-state index contributed by atoms with van der Waals surface area (Å²) >= 11 is 6.23. The highest BCUT2D eigenvalue weighted by atomic mass is 35.5. The molecule has 0 spiro atoms. The first-order valence-electron chi connectivity index (χ1n) is 18.4. The van der Waals surface area contributed by atoms with Crippen LogP contribution in [0.25, 0.3) is 0 Å². The number of rotatable bonds is 10. The van der Waals surface area contributed by atoms with Crippen LogP contribution in [0, 0.1) is 22.2 Å². The van der Waals surface area contributed by atoms with E-state index in [0.29, 0.717) is 40.7 Å². The van der Waals surface area contributed by atoms with E-state index in [1.807, 2.05) is 6.07 Å². The number of nitriles is 1. The summed E-state index contributed by atoms with van der Waals surface area (Å²) < 4.78 is 6.35. The van der Waals surface area contributed by atoms with Crippen molar-refractivity contribution in [1.82, 2.24) is 25.4 Å². The molecule has 3 aliphatic heterocycles. The van der Waals surface area contributed by atoms with E-state index in [1.54, 1.807) is 48.7 Å². The SMILES string of the molecule is CC1(C)[C@H](NC(=O)c2ccc(N3CCN(CCNc4cccc5c4C(=O)N(C4CCC(=O)NC4=O)C5=O)CC3)nc2)C(C)(C)[C@H]1Oc1ccc(C#N)c(Cl)c1. The Balaban J connectivity index is 0.887. The van der Waals surface area contributed by atoms with Crippen LogP contribution in [0.4, 0.5) is 11.5 Å². The van der Waals surface area contributed by atoms with E-state index in [9.17, 15) is 29.2 Å². The Labute approximate surface area is 324 Å². The third-order valence-electron chi connectivity index (χ3n) is 11.3. The van der Waals surface area contributed by atoms with Crippen molar-refractivity contribution in [2.24, 2.45) is 10.8 Å². The molecular formula is C40H43ClN8O6. The zero-order valence-electron chi connectivity index (χ0n) is 31.1. The Morgan fingerprint density at radius 3 is 2.42 bits per heavy atom. The number of pyridine rings is 1. The summed E-state index contributed by atoms with van der Waals surface area (Å²) in [6, 6.07) is 14.6. The van der Waals surface area contributed by atoms with E-state index in [4.69, 9.17) is 16.3 Å². The normalized spacial score (nSPS) is 23.0. The Hall–Kier alpha value is -5.52. The lowest BCUT2D eigenvalue weighted by molar-refractivity contribution is -0.164. The second kappa shape index (κ2) is 14.6. The number of fused-ring (bicyclic) bond motifs is 1. The summed E-state index contributed by atoms with van der Waals surface area (Å²) in [5.74, 6) is -0.965. The maximum atomic E-state index is 13.4. The van der Waals surface area contributed by atoms with E-state index in [2.05, 4.69) is 64.5 Å². The summed E-state index contributed by atoms with van der Waals surface area (Å²) in [5, 5.41) is 18.3. The first kappa shape index (κ1) is 37.8. The van der Waals surface area contributed by atoms with Crippen molar-refractivity contribution in [2.45, 2.75) is 58.7 Å². The van der Waals surface area contributed by atoms with Crippen LogP contribution in [0.2, 0.25) is 5.02 Å². The van der Waals surface area contributed by atoms with Crippen LogP contribution in [-0.4, -0.2) is 102 Å². The molecular weight excluding hydrogens is 724 g/mol. The number of nitrogens with one attached hydrogen (secondary N) is 3. The van der Waals surface area contributed by atoms with Gasteiger partial charge in [0.05, 0.1) is 27.3 Å². The minimum absolute atomic E-state index is 0.0661. The Morgan fingerprint density at radius 2 is 1.76 bits per heavy atom. The minimum Gasteiger partial charge on any atom is -0.489 e. The van der Waals surface area contributed by atoms with Gasteiger partial charge in [0, 0.05) is 80.5 Å². The average molecular weight is 767 g/mol. The van der Waals surface area contributed by atoms with E-state index >= 15 is 0 Å². The number of nitrogens with zero attached hydrogens (tertiary/aromatic N) is 5. The van der Waals surface area contributed by atoms with Gasteiger partial charge in [-0.1, -0.05) is 45.4 Å². The zero-order chi connectivity index (χ0) is 39.2. The number of aromatic nitrogens is 1. The Kier molecular flexibility index (Phi) is 10.0. The van der Waals surface area contributed by atoms with Crippen LogP contribution < -0.4 is 25.6 Å². The van der Waals surface area contributed by atoms with Gasteiger partial charge in [-0.3, -0.25) is 39.1 Å². The summed E-state index contributed by atoms with van der Waals surface area (Å²) in [5.41, 5.74) is 1.09. The summed E-state index contributed by atoms with van der Waals surface area (Å²) in [4.78, 5) is 74.1. The molecule has 1 unspecified atom stereocenters. The van der Waals surface area contributed by atoms with Crippen LogP contribution in [0.15, 0.2) is 54.7 Å². The van der Waals surface area contributed by atoms with E-state index in [0.717, 1.165) is 36.9 Å². The number of piperidine rings is 1. The molecule has 1 atom stereocenters. The molecule has 1 saturated carbocycles. The Bertz CT molecular complexity index is 2090. The van der Waals surface area contributed by atoms with E-state index in [-0.39, 0.29) is 42.0 Å². The van der Waals surface area contributed by atoms with Gasteiger partial charge in [-0.25, -0.2) is 4.98 Å². The molecule has 3 aromatic rings. The minimum atomic E-state index is -1.01. The van der Waals surface area contributed by atoms with Gasteiger partial charge in [-0.15, -0.1) is 0 Å². The number of halogens is 1. The van der Waals surface area contributed by atoms with Gasteiger partial charge in [0.15, 0.2) is 0 Å². The number of amides is 5. The molecule has 15 heteroatoms. The molecule has 3 fully saturated rings. The van der Waals surface area contributed by atoms with Gasteiger partial charge in [0.2, 0.25) is 11.8 Å². The second-order valence-electron chi connectivity index (χ2n) is 15.6. The molecule has 5 amide bonds. The highest BCUT2D eigenvalue weighted by Gasteiger charge is 2.64. The van der Waals surface area contributed by atoms with Crippen LogP contribution in [-0.2, 0) is 9.59 Å². The predicted octanol–water partition coefficient (Wildman–Crippen LogP) is 3.85. The van der Waals surface area contributed by atoms with Crippen molar-refractivity contribution in [3.8, 4) is 11.8 Å². The van der Waals surface area contributed by atoms with Crippen LogP contribution in [0.5, 0.6) is 5.75 Å². The number of hydrogen-bond donors (Lipinski definition) is 3. The molecule has 2 aromatic carbocycles. The fraction of sp³-hybridized carbons (Fsp3) is 0.425. The van der Waals surface area contributed by atoms with Gasteiger partial charge in [-0.2, -0.15) is 5.26 Å². The van der Waals surface area contributed by atoms with Gasteiger partial charge < -0.3 is 20.3 Å². The number of carbonyl (C=O) groups excluding carboxylic acids is 5. The number of hydrogen-bond acceptors (Lipinski definition) is 11. The van der Waals surface area contributed by atoms with Crippen molar-refractivity contribution in [1.29, 1.82) is 5.26 Å². The molecule has 2 saturated heterocycles. The van der Waals surface area contributed by atoms with E-state index < -0.39 is 40.5 Å². The largest absolute Gasteiger partial charge is 0.489 e. The van der Waals surface area contributed by atoms with Crippen LogP contribution in [0.3, 0.4) is 0 Å². The number of imide groups is 2. The second-order valence-corrected chi connectivity index (χ2v) is 16.0. The zero-order valence-corrected chi connectivity index (χ0v) is 31.9. The molecule has 4 aliphatic rings. The molecule has 286 valence electrons. The summed E-state index contributed by atoms with van der Waals surface area (Å²) in [6.45, 7) is 12.5. The molecule has 0 radical (unpaired) electrons. The monoisotopic (exact) mass is 766 g/mol. The maximum Gasteiger partial charge on any atom is 0.264 e. The van der Waals surface area contributed by atoms with Gasteiger partial charge in [0.25, 0.3) is 17.7 Å². The van der Waals surface area contributed by atoms with Crippen molar-refractivity contribution in [3.63, 3.8) is 0 Å². The van der Waals surface area contributed by atoms with Crippen molar-refractivity contribution in [3.05, 3.63) is 82.0 Å². The number of carbonyl (C=O) groups is 5. The van der Waals surface area contributed by atoms with Crippen molar-refractivity contribution < 1.29 is 28.7 Å². The number of benzene rings is 2. The summed E-state index contributed by atoms with van der Waals surface area (Å²) in [6.07, 6.45) is 1.57. The first-order chi connectivity index (χ1) is 26.2. The number of ether oxygens (including phenoxy) is 1. The number of piperazine rings is 1. The topological polar surface area (TPSA) is 177 Å². The first-order valence-corrected chi connectivity index (χ1v) is 18.8. The molecule has 0 bridgehead atoms. The lowest BCUT2D eigenvalue weighted by Crippen LogP contribution is -2.74. The summed E-state index contributed by atoms with van der Waals surface area (Å²) in [7, 11) is 0. The smallest absolute Gasteiger partial charge is 0.264 e. The fourth-order valence-electron chi connectivity index (χ4n) is 8.73. The maximum absolute atomic E-state index is 13.4. The highest BCUT2D eigenvalue weighted by Crippen LogP contribution is 2.55. The van der Waals surface area contributed by atoms with Crippen LogP contribution in [0.1, 0.15) is 77.2 Å². The van der Waals surface area contributed by atoms with E-state index in [1.165, 1.54) is 0 Å². The Morgan fingerprint density at radius 1 is 1.02 bits per heavy atom. The number of anilines is 2. The molecule has 7 rings (SSSR count). The molecule has 55 heavy (non-hydrogen) atoms. The lowest BCUT2D eigenvalue weighted by Gasteiger charge is -2.63. The fourth-order valence-corrected chi connectivity index (χ4v) is 8.94. The van der Waals surface area contributed by atoms with Gasteiger partial charge in [-0.05, 0) is 42.8 Å². The van der Waals surface area contributed by atoms with Crippen molar-refractivity contribution in [2.75, 3.05) is 49.5 Å². The molecule has 14 nitrogen and oxygen atoms in total. The van der Waals surface area contributed by atoms with Gasteiger partial charge >= 0.3 is 0 Å². The van der Waals surface area contributed by atoms with Gasteiger partial charge in [0.1, 0.15) is 29.8 Å². The van der Waals surface area contributed by atoms with Crippen molar-refractivity contribution >= 4 is 52.6 Å². The third kappa shape index (κ3) is 6.98. The predicted molar refractivity (Wildman–Crippen MR) is 204 cm³/mol.